The minimum atomic E-state index is -0.494. The van der Waals surface area contributed by atoms with Crippen molar-refractivity contribution in [3.05, 3.63) is 43.1 Å². The van der Waals surface area contributed by atoms with Gasteiger partial charge in [0, 0.05) is 9.75 Å². The first-order valence-corrected chi connectivity index (χ1v) is 11.4. The van der Waals surface area contributed by atoms with E-state index in [2.05, 4.69) is 17.2 Å². The van der Waals surface area contributed by atoms with E-state index in [1.165, 1.54) is 34.2 Å². The van der Waals surface area contributed by atoms with Crippen molar-refractivity contribution in [2.75, 3.05) is 12.4 Å². The molecule has 0 aliphatic heterocycles. The van der Waals surface area contributed by atoms with Gasteiger partial charge in [0.15, 0.2) is 0 Å². The third kappa shape index (κ3) is 3.56. The highest BCUT2D eigenvalue weighted by Gasteiger charge is 2.24. The van der Waals surface area contributed by atoms with Crippen molar-refractivity contribution in [1.29, 1.82) is 0 Å². The van der Waals surface area contributed by atoms with Gasteiger partial charge < -0.3 is 10.1 Å². The van der Waals surface area contributed by atoms with Gasteiger partial charge in [-0.05, 0) is 50.2 Å². The summed E-state index contributed by atoms with van der Waals surface area (Å²) >= 11 is 2.90. The van der Waals surface area contributed by atoms with E-state index in [1.807, 2.05) is 13.8 Å². The van der Waals surface area contributed by atoms with E-state index >= 15 is 0 Å². The predicted molar refractivity (Wildman–Crippen MR) is 119 cm³/mol. The van der Waals surface area contributed by atoms with Gasteiger partial charge in [-0.2, -0.15) is 0 Å². The monoisotopic (exact) mass is 445 g/mol. The summed E-state index contributed by atoms with van der Waals surface area (Å²) in [5.41, 5.74) is 2.05. The summed E-state index contributed by atoms with van der Waals surface area (Å²) in [5.74, 6) is -0.269. The van der Waals surface area contributed by atoms with Gasteiger partial charge >= 0.3 is 5.97 Å². The molecule has 3 heterocycles. The van der Waals surface area contributed by atoms with E-state index in [0.717, 1.165) is 40.1 Å². The normalized spacial score (nSPS) is 15.8. The molecule has 1 aliphatic carbocycles. The van der Waals surface area contributed by atoms with Crippen LogP contribution in [0.5, 0.6) is 0 Å². The van der Waals surface area contributed by atoms with Crippen molar-refractivity contribution in [1.82, 2.24) is 9.55 Å². The number of rotatable bonds is 4. The molecule has 3 aromatic heterocycles. The van der Waals surface area contributed by atoms with Crippen molar-refractivity contribution in [2.24, 2.45) is 5.92 Å². The SMILES string of the molecule is COC(=O)c1c(NC(=O)Cn2cnc3sc4c(c3c2=O)CCC(C)C4)sc(C)c1C. The highest BCUT2D eigenvalue weighted by molar-refractivity contribution is 7.18. The van der Waals surface area contributed by atoms with Crippen molar-refractivity contribution in [3.63, 3.8) is 0 Å². The molecule has 7 nitrogen and oxygen atoms in total. The first-order valence-electron chi connectivity index (χ1n) is 9.78. The van der Waals surface area contributed by atoms with E-state index in [9.17, 15) is 14.4 Å². The molecule has 1 N–H and O–H groups in total. The molecule has 0 spiro atoms. The molecule has 1 aliphatic rings. The summed E-state index contributed by atoms with van der Waals surface area (Å²) in [4.78, 5) is 45.2. The zero-order chi connectivity index (χ0) is 21.6. The summed E-state index contributed by atoms with van der Waals surface area (Å²) in [6.07, 6.45) is 4.34. The molecule has 0 aromatic carbocycles. The van der Waals surface area contributed by atoms with Crippen LogP contribution in [0.3, 0.4) is 0 Å². The summed E-state index contributed by atoms with van der Waals surface area (Å²) < 4.78 is 6.18. The number of hydrogen-bond acceptors (Lipinski definition) is 7. The molecule has 0 bridgehead atoms. The Morgan fingerprint density at radius 3 is 2.83 bits per heavy atom. The van der Waals surface area contributed by atoms with E-state index in [0.29, 0.717) is 21.9 Å². The number of hydrogen-bond donors (Lipinski definition) is 1. The first-order chi connectivity index (χ1) is 14.3. The Balaban J connectivity index is 1.62. The number of aryl methyl sites for hydroxylation is 2. The number of methoxy groups -OCH3 is 1. The Labute approximate surface area is 181 Å². The molecular formula is C21H23N3O4S2. The third-order valence-electron chi connectivity index (χ3n) is 5.62. The number of nitrogens with zero attached hydrogens (tertiary/aromatic N) is 2. The molecule has 3 aromatic rings. The van der Waals surface area contributed by atoms with E-state index in [-0.39, 0.29) is 18.0 Å². The number of anilines is 1. The maximum Gasteiger partial charge on any atom is 0.341 e. The van der Waals surface area contributed by atoms with Crippen LogP contribution in [0.2, 0.25) is 0 Å². The van der Waals surface area contributed by atoms with Crippen LogP contribution >= 0.6 is 22.7 Å². The van der Waals surface area contributed by atoms with Crippen molar-refractivity contribution < 1.29 is 14.3 Å². The van der Waals surface area contributed by atoms with E-state index in [4.69, 9.17) is 4.74 Å². The Hall–Kier alpha value is -2.52. The fourth-order valence-electron chi connectivity index (χ4n) is 3.86. The fourth-order valence-corrected chi connectivity index (χ4v) is 6.27. The van der Waals surface area contributed by atoms with Crippen LogP contribution in [0, 0.1) is 19.8 Å². The molecule has 1 unspecified atom stereocenters. The van der Waals surface area contributed by atoms with Crippen LogP contribution in [-0.4, -0.2) is 28.5 Å². The average molecular weight is 446 g/mol. The van der Waals surface area contributed by atoms with Gasteiger partial charge in [-0.15, -0.1) is 22.7 Å². The molecule has 158 valence electrons. The lowest BCUT2D eigenvalue weighted by atomic mass is 9.89. The Bertz CT molecular complexity index is 1220. The lowest BCUT2D eigenvalue weighted by Crippen LogP contribution is -2.28. The standard InChI is InChI=1S/C21H23N3O4S2/c1-10-5-6-13-14(7-10)30-18-17(13)20(26)24(9-22-18)8-15(25)23-19-16(21(27)28-4)11(2)12(3)29-19/h9-10H,5-8H2,1-4H3,(H,23,25). The van der Waals surface area contributed by atoms with Crippen molar-refractivity contribution in [3.8, 4) is 0 Å². The molecule has 9 heteroatoms. The minimum absolute atomic E-state index is 0.167. The number of aromatic nitrogens is 2. The molecule has 4 rings (SSSR count). The van der Waals surface area contributed by atoms with Gasteiger partial charge in [0.25, 0.3) is 5.56 Å². The second-order valence-electron chi connectivity index (χ2n) is 7.74. The molecule has 1 amide bonds. The number of carbonyl (C=O) groups excluding carboxylic acids is 2. The van der Waals surface area contributed by atoms with Gasteiger partial charge in [0.05, 0.1) is 24.4 Å². The smallest absolute Gasteiger partial charge is 0.341 e. The molecule has 30 heavy (non-hydrogen) atoms. The maximum atomic E-state index is 13.1. The minimum Gasteiger partial charge on any atom is -0.465 e. The van der Waals surface area contributed by atoms with E-state index < -0.39 is 5.97 Å². The predicted octanol–water partition coefficient (Wildman–Crippen LogP) is 3.69. The third-order valence-corrected chi connectivity index (χ3v) is 7.91. The number of thiophene rings is 2. The second kappa shape index (κ2) is 7.96. The molecule has 0 saturated carbocycles. The van der Waals surface area contributed by atoms with Gasteiger partial charge in [-0.1, -0.05) is 6.92 Å². The number of fused-ring (bicyclic) bond motifs is 3. The highest BCUT2D eigenvalue weighted by Crippen LogP contribution is 2.35. The number of ether oxygens (including phenoxy) is 1. The summed E-state index contributed by atoms with van der Waals surface area (Å²) in [5, 5.41) is 3.85. The maximum absolute atomic E-state index is 13.1. The van der Waals surface area contributed by atoms with Crippen LogP contribution in [0.15, 0.2) is 11.1 Å². The average Bonchev–Trinajstić information content (AvgIpc) is 3.20. The topological polar surface area (TPSA) is 90.3 Å². The highest BCUT2D eigenvalue weighted by atomic mass is 32.1. The zero-order valence-electron chi connectivity index (χ0n) is 17.3. The largest absolute Gasteiger partial charge is 0.465 e. The molecule has 0 radical (unpaired) electrons. The Morgan fingerprint density at radius 2 is 2.10 bits per heavy atom. The Morgan fingerprint density at radius 1 is 1.33 bits per heavy atom. The van der Waals surface area contributed by atoms with Crippen LogP contribution in [0.4, 0.5) is 5.00 Å². The molecule has 0 fully saturated rings. The van der Waals surface area contributed by atoms with Crippen molar-refractivity contribution in [2.45, 2.75) is 46.6 Å². The van der Waals surface area contributed by atoms with Gasteiger partial charge in [0.1, 0.15) is 16.4 Å². The van der Waals surface area contributed by atoms with E-state index in [1.54, 1.807) is 11.3 Å². The number of carbonyl (C=O) groups is 2. The number of amides is 1. The van der Waals surface area contributed by atoms with Crippen LogP contribution in [0.1, 0.15) is 44.6 Å². The van der Waals surface area contributed by atoms with Crippen molar-refractivity contribution >= 4 is 49.8 Å². The quantitative estimate of drug-likeness (QED) is 0.619. The Kier molecular flexibility index (Phi) is 5.50. The number of nitrogens with one attached hydrogen (secondary N) is 1. The molecular weight excluding hydrogens is 422 g/mol. The molecule has 0 saturated heterocycles. The lowest BCUT2D eigenvalue weighted by Gasteiger charge is -2.17. The van der Waals surface area contributed by atoms with Gasteiger partial charge in [0.2, 0.25) is 5.91 Å². The second-order valence-corrected chi connectivity index (χ2v) is 10.0. The summed E-state index contributed by atoms with van der Waals surface area (Å²) in [6.45, 7) is 5.75. The zero-order valence-corrected chi connectivity index (χ0v) is 19.0. The number of esters is 1. The van der Waals surface area contributed by atoms with Crippen LogP contribution < -0.4 is 10.9 Å². The fraction of sp³-hybridized carbons (Fsp3) is 0.429. The van der Waals surface area contributed by atoms with Crippen LogP contribution in [0.25, 0.3) is 10.2 Å². The van der Waals surface area contributed by atoms with Gasteiger partial charge in [-0.25, -0.2) is 9.78 Å². The lowest BCUT2D eigenvalue weighted by molar-refractivity contribution is -0.116. The summed E-state index contributed by atoms with van der Waals surface area (Å²) in [6, 6.07) is 0. The first kappa shape index (κ1) is 20.7. The molecule has 1 atom stereocenters. The summed E-state index contributed by atoms with van der Waals surface area (Å²) in [7, 11) is 1.31. The van der Waals surface area contributed by atoms with Crippen LogP contribution in [-0.2, 0) is 28.9 Å². The van der Waals surface area contributed by atoms with Gasteiger partial charge in [-0.3, -0.25) is 14.2 Å².